The van der Waals surface area contributed by atoms with E-state index in [1.165, 1.54) is 5.69 Å². The second-order valence-electron chi connectivity index (χ2n) is 3.77. The highest BCUT2D eigenvalue weighted by atomic mass is 16.5. The second kappa shape index (κ2) is 3.77. The molecule has 3 heteroatoms. The SMILES string of the molecule is Cc1cc(-c2ccc(N(C)C)cc2)on1. The highest BCUT2D eigenvalue weighted by molar-refractivity contribution is 5.61. The van der Waals surface area contributed by atoms with E-state index in [0.717, 1.165) is 17.0 Å². The van der Waals surface area contributed by atoms with Gasteiger partial charge in [-0.05, 0) is 31.2 Å². The molecule has 1 aromatic carbocycles. The van der Waals surface area contributed by atoms with Crippen molar-refractivity contribution in [3.05, 3.63) is 36.0 Å². The van der Waals surface area contributed by atoms with E-state index in [1.54, 1.807) is 0 Å². The number of hydrogen-bond donors (Lipinski definition) is 0. The lowest BCUT2D eigenvalue weighted by Gasteiger charge is -2.11. The zero-order valence-electron chi connectivity index (χ0n) is 9.19. The Hall–Kier alpha value is -1.77. The van der Waals surface area contributed by atoms with Crippen molar-refractivity contribution in [1.82, 2.24) is 5.16 Å². The Morgan fingerprint density at radius 2 is 1.80 bits per heavy atom. The van der Waals surface area contributed by atoms with Gasteiger partial charge in [0.25, 0.3) is 0 Å². The summed E-state index contributed by atoms with van der Waals surface area (Å²) in [7, 11) is 4.04. The van der Waals surface area contributed by atoms with Crippen LogP contribution in [0.1, 0.15) is 5.69 Å². The molecule has 0 aliphatic carbocycles. The van der Waals surface area contributed by atoms with Crippen LogP contribution in [0.2, 0.25) is 0 Å². The van der Waals surface area contributed by atoms with E-state index in [9.17, 15) is 0 Å². The maximum atomic E-state index is 5.19. The van der Waals surface area contributed by atoms with Gasteiger partial charge in [-0.1, -0.05) is 5.16 Å². The van der Waals surface area contributed by atoms with Crippen molar-refractivity contribution >= 4 is 5.69 Å². The topological polar surface area (TPSA) is 29.3 Å². The summed E-state index contributed by atoms with van der Waals surface area (Å²) in [5.41, 5.74) is 3.14. The van der Waals surface area contributed by atoms with Crippen molar-refractivity contribution < 1.29 is 4.52 Å². The molecule has 0 unspecified atom stereocenters. The molecular weight excluding hydrogens is 188 g/mol. The first-order valence-corrected chi connectivity index (χ1v) is 4.88. The predicted molar refractivity (Wildman–Crippen MR) is 61.0 cm³/mol. The zero-order valence-corrected chi connectivity index (χ0v) is 9.19. The molecule has 3 nitrogen and oxygen atoms in total. The Kier molecular flexibility index (Phi) is 2.46. The van der Waals surface area contributed by atoms with Gasteiger partial charge < -0.3 is 9.42 Å². The van der Waals surface area contributed by atoms with Crippen molar-refractivity contribution in [3.8, 4) is 11.3 Å². The van der Waals surface area contributed by atoms with Crippen molar-refractivity contribution in [1.29, 1.82) is 0 Å². The maximum absolute atomic E-state index is 5.19. The van der Waals surface area contributed by atoms with Crippen molar-refractivity contribution in [2.75, 3.05) is 19.0 Å². The molecular formula is C12H14N2O. The summed E-state index contributed by atoms with van der Waals surface area (Å²) in [6.07, 6.45) is 0. The molecule has 0 N–H and O–H groups in total. The van der Waals surface area contributed by atoms with Crippen molar-refractivity contribution in [3.63, 3.8) is 0 Å². The average Bonchev–Trinajstić information content (AvgIpc) is 2.65. The predicted octanol–water partition coefficient (Wildman–Crippen LogP) is 2.72. The molecule has 0 atom stereocenters. The third-order valence-corrected chi connectivity index (χ3v) is 2.30. The van der Waals surface area contributed by atoms with Crippen molar-refractivity contribution in [2.45, 2.75) is 6.92 Å². The summed E-state index contributed by atoms with van der Waals surface area (Å²) in [5, 5.41) is 3.87. The monoisotopic (exact) mass is 202 g/mol. The lowest BCUT2D eigenvalue weighted by atomic mass is 10.1. The second-order valence-corrected chi connectivity index (χ2v) is 3.77. The molecule has 0 aliphatic rings. The Labute approximate surface area is 89.3 Å². The fourth-order valence-corrected chi connectivity index (χ4v) is 1.42. The standard InChI is InChI=1S/C12H14N2O/c1-9-8-12(15-13-9)10-4-6-11(7-5-10)14(2)3/h4-8H,1-3H3. The van der Waals surface area contributed by atoms with E-state index in [2.05, 4.69) is 22.2 Å². The number of benzene rings is 1. The number of rotatable bonds is 2. The van der Waals surface area contributed by atoms with E-state index in [-0.39, 0.29) is 0 Å². The molecule has 1 aromatic heterocycles. The minimum Gasteiger partial charge on any atom is -0.378 e. The van der Waals surface area contributed by atoms with Gasteiger partial charge in [-0.25, -0.2) is 0 Å². The summed E-state index contributed by atoms with van der Waals surface area (Å²) in [5.74, 6) is 0.817. The van der Waals surface area contributed by atoms with Gasteiger partial charge in [-0.3, -0.25) is 0 Å². The first-order chi connectivity index (χ1) is 7.16. The van der Waals surface area contributed by atoms with Crippen LogP contribution in [0.4, 0.5) is 5.69 Å². The van der Waals surface area contributed by atoms with Gasteiger partial charge in [0.05, 0.1) is 5.69 Å². The maximum Gasteiger partial charge on any atom is 0.167 e. The molecule has 2 aromatic rings. The van der Waals surface area contributed by atoms with Gasteiger partial charge in [-0.2, -0.15) is 0 Å². The molecule has 0 saturated heterocycles. The number of aryl methyl sites for hydroxylation is 1. The van der Waals surface area contributed by atoms with Gasteiger partial charge in [0, 0.05) is 31.4 Å². The summed E-state index contributed by atoms with van der Waals surface area (Å²) >= 11 is 0. The van der Waals surface area contributed by atoms with Gasteiger partial charge in [0.15, 0.2) is 5.76 Å². The molecule has 0 bridgehead atoms. The number of anilines is 1. The fraction of sp³-hybridized carbons (Fsp3) is 0.250. The quantitative estimate of drug-likeness (QED) is 0.749. The fourth-order valence-electron chi connectivity index (χ4n) is 1.42. The Morgan fingerprint density at radius 3 is 2.27 bits per heavy atom. The van der Waals surface area contributed by atoms with Crippen LogP contribution in [-0.4, -0.2) is 19.3 Å². The summed E-state index contributed by atoms with van der Waals surface area (Å²) in [6.45, 7) is 1.92. The Bertz CT molecular complexity index is 443. The van der Waals surface area contributed by atoms with Crippen LogP contribution in [0.25, 0.3) is 11.3 Å². The van der Waals surface area contributed by atoms with Crippen LogP contribution in [0.3, 0.4) is 0 Å². The summed E-state index contributed by atoms with van der Waals surface area (Å²) in [4.78, 5) is 2.06. The van der Waals surface area contributed by atoms with E-state index < -0.39 is 0 Å². The normalized spacial score (nSPS) is 10.3. The Balaban J connectivity index is 2.31. The lowest BCUT2D eigenvalue weighted by molar-refractivity contribution is 0.427. The number of hydrogen-bond acceptors (Lipinski definition) is 3. The van der Waals surface area contributed by atoms with E-state index in [1.807, 2.05) is 39.2 Å². The molecule has 0 saturated carbocycles. The molecule has 15 heavy (non-hydrogen) atoms. The van der Waals surface area contributed by atoms with Crippen LogP contribution < -0.4 is 4.90 Å². The number of aromatic nitrogens is 1. The van der Waals surface area contributed by atoms with Crippen LogP contribution in [0.5, 0.6) is 0 Å². The van der Waals surface area contributed by atoms with Gasteiger partial charge in [0.2, 0.25) is 0 Å². The van der Waals surface area contributed by atoms with Gasteiger partial charge in [0.1, 0.15) is 0 Å². The van der Waals surface area contributed by atoms with Gasteiger partial charge >= 0.3 is 0 Å². The third-order valence-electron chi connectivity index (χ3n) is 2.30. The molecule has 2 rings (SSSR count). The van der Waals surface area contributed by atoms with Crippen LogP contribution in [0.15, 0.2) is 34.9 Å². The first kappa shape index (κ1) is 9.77. The number of nitrogens with zero attached hydrogens (tertiary/aromatic N) is 2. The highest BCUT2D eigenvalue weighted by Crippen LogP contribution is 2.22. The van der Waals surface area contributed by atoms with E-state index in [0.29, 0.717) is 0 Å². The minimum atomic E-state index is 0.817. The van der Waals surface area contributed by atoms with Gasteiger partial charge in [-0.15, -0.1) is 0 Å². The van der Waals surface area contributed by atoms with Crippen LogP contribution >= 0.6 is 0 Å². The summed E-state index contributed by atoms with van der Waals surface area (Å²) < 4.78 is 5.19. The Morgan fingerprint density at radius 1 is 1.13 bits per heavy atom. The zero-order chi connectivity index (χ0) is 10.8. The molecule has 0 aliphatic heterocycles. The molecule has 78 valence electrons. The molecule has 0 amide bonds. The summed E-state index contributed by atoms with van der Waals surface area (Å²) in [6, 6.07) is 10.1. The van der Waals surface area contributed by atoms with Crippen LogP contribution in [-0.2, 0) is 0 Å². The average molecular weight is 202 g/mol. The van der Waals surface area contributed by atoms with E-state index >= 15 is 0 Å². The third kappa shape index (κ3) is 2.01. The molecule has 1 heterocycles. The first-order valence-electron chi connectivity index (χ1n) is 4.88. The van der Waals surface area contributed by atoms with E-state index in [4.69, 9.17) is 4.52 Å². The molecule has 0 spiro atoms. The van der Waals surface area contributed by atoms with Crippen LogP contribution in [0, 0.1) is 6.92 Å². The lowest BCUT2D eigenvalue weighted by Crippen LogP contribution is -2.07. The minimum absolute atomic E-state index is 0.817. The van der Waals surface area contributed by atoms with Crippen molar-refractivity contribution in [2.24, 2.45) is 0 Å². The molecule has 0 radical (unpaired) electrons. The largest absolute Gasteiger partial charge is 0.378 e. The molecule has 0 fully saturated rings. The highest BCUT2D eigenvalue weighted by Gasteiger charge is 2.04. The smallest absolute Gasteiger partial charge is 0.167 e.